The minimum atomic E-state index is 0.850. The van der Waals surface area contributed by atoms with Gasteiger partial charge in [-0.3, -0.25) is 0 Å². The maximum Gasteiger partial charge on any atom is 0.137 e. The molecular formula is C54H38N2O. The Hall–Kier alpha value is -7.62. The number of para-hydroxylation sites is 3. The van der Waals surface area contributed by atoms with E-state index in [1.807, 2.05) is 6.07 Å². The van der Waals surface area contributed by atoms with Gasteiger partial charge in [-0.15, -0.1) is 0 Å². The van der Waals surface area contributed by atoms with Gasteiger partial charge in [0.2, 0.25) is 0 Å². The van der Waals surface area contributed by atoms with Crippen molar-refractivity contribution in [2.45, 2.75) is 0 Å². The monoisotopic (exact) mass is 730 g/mol. The fourth-order valence-electron chi connectivity index (χ4n) is 7.93. The minimum Gasteiger partial charge on any atom is -0.456 e. The van der Waals surface area contributed by atoms with E-state index in [4.69, 9.17) is 4.42 Å². The Bertz CT molecular complexity index is 2910. The molecule has 0 unspecified atom stereocenters. The Labute approximate surface area is 333 Å². The molecular weight excluding hydrogens is 693 g/mol. The lowest BCUT2D eigenvalue weighted by atomic mass is 9.97. The highest BCUT2D eigenvalue weighted by Gasteiger charge is 2.24. The Morgan fingerprint density at radius 3 is 1.18 bits per heavy atom. The fourth-order valence-corrected chi connectivity index (χ4v) is 7.93. The smallest absolute Gasteiger partial charge is 0.137 e. The van der Waals surface area contributed by atoms with Crippen molar-refractivity contribution in [2.75, 3.05) is 9.80 Å². The van der Waals surface area contributed by atoms with Gasteiger partial charge in [-0.05, 0) is 107 Å². The summed E-state index contributed by atoms with van der Waals surface area (Å²) in [5.74, 6) is 0. The van der Waals surface area contributed by atoms with Crippen molar-refractivity contribution in [3.8, 4) is 33.4 Å². The molecule has 3 heteroatoms. The average molecular weight is 731 g/mol. The summed E-state index contributed by atoms with van der Waals surface area (Å²) in [5.41, 5.74) is 15.1. The van der Waals surface area contributed by atoms with E-state index in [0.29, 0.717) is 0 Å². The first-order valence-corrected chi connectivity index (χ1v) is 19.3. The van der Waals surface area contributed by atoms with Crippen LogP contribution in [-0.4, -0.2) is 0 Å². The van der Waals surface area contributed by atoms with Crippen LogP contribution in [0, 0.1) is 0 Å². The zero-order valence-corrected chi connectivity index (χ0v) is 31.2. The number of rotatable bonds is 9. The third kappa shape index (κ3) is 6.52. The molecule has 0 atom stereocenters. The van der Waals surface area contributed by atoms with E-state index in [1.165, 1.54) is 22.3 Å². The molecule has 0 radical (unpaired) electrons. The number of benzene rings is 9. The van der Waals surface area contributed by atoms with Crippen LogP contribution in [-0.2, 0) is 0 Å². The fraction of sp³-hybridized carbons (Fsp3) is 0. The SMILES string of the molecule is c1ccc(-c2ccc(N(c3ccccc3)c3ccc(-c4ccc5oc6ccccc6c5c4N(c4ccccc4)c4ccc(-c5ccccc5)cc4)cc3)cc2)cc1. The minimum absolute atomic E-state index is 0.850. The van der Waals surface area contributed by atoms with Gasteiger partial charge in [-0.2, -0.15) is 0 Å². The zero-order valence-electron chi connectivity index (χ0n) is 31.2. The predicted octanol–water partition coefficient (Wildman–Crippen LogP) is 15.5. The second-order valence-electron chi connectivity index (χ2n) is 14.1. The van der Waals surface area contributed by atoms with Crippen LogP contribution in [0.4, 0.5) is 34.1 Å². The van der Waals surface area contributed by atoms with Crippen molar-refractivity contribution in [1.29, 1.82) is 0 Å². The summed E-state index contributed by atoms with van der Waals surface area (Å²) in [4.78, 5) is 4.70. The lowest BCUT2D eigenvalue weighted by Gasteiger charge is -2.29. The molecule has 0 spiro atoms. The summed E-state index contributed by atoms with van der Waals surface area (Å²) in [6.45, 7) is 0. The number of hydrogen-bond acceptors (Lipinski definition) is 3. The summed E-state index contributed by atoms with van der Waals surface area (Å²) in [6, 6.07) is 81.6. The molecule has 0 fully saturated rings. The molecule has 270 valence electrons. The Balaban J connectivity index is 1.13. The molecule has 0 saturated carbocycles. The number of fused-ring (bicyclic) bond motifs is 3. The molecule has 57 heavy (non-hydrogen) atoms. The van der Waals surface area contributed by atoms with Crippen molar-refractivity contribution in [3.05, 3.63) is 231 Å². The van der Waals surface area contributed by atoms with Crippen LogP contribution >= 0.6 is 0 Å². The van der Waals surface area contributed by atoms with E-state index in [2.05, 4.69) is 234 Å². The molecule has 1 heterocycles. The third-order valence-corrected chi connectivity index (χ3v) is 10.7. The van der Waals surface area contributed by atoms with Crippen LogP contribution in [0.1, 0.15) is 0 Å². The van der Waals surface area contributed by atoms with Crippen molar-refractivity contribution in [2.24, 2.45) is 0 Å². The van der Waals surface area contributed by atoms with Crippen molar-refractivity contribution in [3.63, 3.8) is 0 Å². The third-order valence-electron chi connectivity index (χ3n) is 10.7. The molecule has 9 aromatic carbocycles. The van der Waals surface area contributed by atoms with Crippen LogP contribution < -0.4 is 9.80 Å². The summed E-state index contributed by atoms with van der Waals surface area (Å²) in [5, 5.41) is 2.16. The summed E-state index contributed by atoms with van der Waals surface area (Å²) in [7, 11) is 0. The van der Waals surface area contributed by atoms with Crippen LogP contribution in [0.15, 0.2) is 235 Å². The summed E-state index contributed by atoms with van der Waals surface area (Å²) in [6.07, 6.45) is 0. The molecule has 10 rings (SSSR count). The molecule has 1 aromatic heterocycles. The topological polar surface area (TPSA) is 19.6 Å². The standard InChI is InChI=1S/C54H38N2O/c1-5-15-39(16-6-1)41-25-31-46(32-26-41)55(44-19-9-3-10-20-44)47-35-29-43(30-36-47)49-37-38-52-53(50-23-13-14-24-51(50)57-52)54(49)56(45-21-11-4-12-22-45)48-33-27-42(28-34-48)40-17-7-2-8-18-40/h1-38H. The van der Waals surface area contributed by atoms with Crippen LogP contribution in [0.25, 0.3) is 55.3 Å². The Morgan fingerprint density at radius 2 is 0.649 bits per heavy atom. The average Bonchev–Trinajstić information content (AvgIpc) is 3.68. The van der Waals surface area contributed by atoms with Gasteiger partial charge in [-0.25, -0.2) is 0 Å². The van der Waals surface area contributed by atoms with Crippen molar-refractivity contribution < 1.29 is 4.42 Å². The lowest BCUT2D eigenvalue weighted by molar-refractivity contribution is 0.669. The molecule has 0 aliphatic carbocycles. The quantitative estimate of drug-likeness (QED) is 0.147. The number of hydrogen-bond donors (Lipinski definition) is 0. The van der Waals surface area contributed by atoms with Crippen LogP contribution in [0.3, 0.4) is 0 Å². The molecule has 0 N–H and O–H groups in total. The van der Waals surface area contributed by atoms with E-state index in [9.17, 15) is 0 Å². The normalized spacial score (nSPS) is 11.2. The van der Waals surface area contributed by atoms with Crippen molar-refractivity contribution in [1.82, 2.24) is 0 Å². The van der Waals surface area contributed by atoms with Gasteiger partial charge >= 0.3 is 0 Å². The molecule has 0 saturated heterocycles. The predicted molar refractivity (Wildman–Crippen MR) is 239 cm³/mol. The Kier molecular flexibility index (Phi) is 8.86. The zero-order chi connectivity index (χ0) is 38.0. The second-order valence-corrected chi connectivity index (χ2v) is 14.1. The Morgan fingerprint density at radius 1 is 0.263 bits per heavy atom. The van der Waals surface area contributed by atoms with Gasteiger partial charge in [0.15, 0.2) is 0 Å². The van der Waals surface area contributed by atoms with E-state index >= 15 is 0 Å². The molecule has 0 aliphatic heterocycles. The maximum atomic E-state index is 6.53. The highest BCUT2D eigenvalue weighted by Crippen LogP contribution is 2.49. The first kappa shape index (κ1) is 33.9. The molecule has 10 aromatic rings. The van der Waals surface area contributed by atoms with Gasteiger partial charge in [0, 0.05) is 39.4 Å². The highest BCUT2D eigenvalue weighted by atomic mass is 16.3. The van der Waals surface area contributed by atoms with Gasteiger partial charge < -0.3 is 14.2 Å². The second kappa shape index (κ2) is 14.9. The first-order valence-electron chi connectivity index (χ1n) is 19.3. The first-order chi connectivity index (χ1) is 28.3. The van der Waals surface area contributed by atoms with Crippen LogP contribution in [0.2, 0.25) is 0 Å². The molecule has 0 bridgehead atoms. The highest BCUT2D eigenvalue weighted by molar-refractivity contribution is 6.17. The summed E-state index contributed by atoms with van der Waals surface area (Å²) < 4.78 is 6.53. The van der Waals surface area contributed by atoms with Gasteiger partial charge in [0.05, 0.1) is 11.1 Å². The van der Waals surface area contributed by atoms with E-state index in [1.54, 1.807) is 0 Å². The maximum absolute atomic E-state index is 6.53. The lowest BCUT2D eigenvalue weighted by Crippen LogP contribution is -2.12. The van der Waals surface area contributed by atoms with Crippen molar-refractivity contribution >= 4 is 56.1 Å². The van der Waals surface area contributed by atoms with Gasteiger partial charge in [0.25, 0.3) is 0 Å². The van der Waals surface area contributed by atoms with Gasteiger partial charge in [-0.1, -0.05) is 152 Å². The number of furan rings is 1. The van der Waals surface area contributed by atoms with Crippen LogP contribution in [0.5, 0.6) is 0 Å². The molecule has 0 aliphatic rings. The molecule has 3 nitrogen and oxygen atoms in total. The van der Waals surface area contributed by atoms with E-state index in [-0.39, 0.29) is 0 Å². The van der Waals surface area contributed by atoms with Gasteiger partial charge in [0.1, 0.15) is 11.2 Å². The van der Waals surface area contributed by atoms with E-state index < -0.39 is 0 Å². The number of anilines is 6. The number of nitrogens with zero attached hydrogens (tertiary/aromatic N) is 2. The molecule has 0 amide bonds. The van der Waals surface area contributed by atoms with E-state index in [0.717, 1.165) is 67.2 Å². The summed E-state index contributed by atoms with van der Waals surface area (Å²) >= 11 is 0. The largest absolute Gasteiger partial charge is 0.456 e.